The highest BCUT2D eigenvalue weighted by molar-refractivity contribution is 5.89. The first kappa shape index (κ1) is 17.5. The summed E-state index contributed by atoms with van der Waals surface area (Å²) in [5.74, 6) is -0.910. The Labute approximate surface area is 126 Å². The van der Waals surface area contributed by atoms with Crippen molar-refractivity contribution >= 4 is 17.8 Å². The number of hydrogen-bond donors (Lipinski definition) is 1. The average molecular weight is 298 g/mol. The summed E-state index contributed by atoms with van der Waals surface area (Å²) >= 11 is 0. The van der Waals surface area contributed by atoms with Crippen molar-refractivity contribution in [1.82, 2.24) is 10.2 Å². The molecule has 0 bridgehead atoms. The van der Waals surface area contributed by atoms with E-state index in [2.05, 4.69) is 5.32 Å². The summed E-state index contributed by atoms with van der Waals surface area (Å²) in [5, 5.41) is 2.69. The van der Waals surface area contributed by atoms with Crippen LogP contribution in [-0.2, 0) is 19.1 Å². The third-order valence-electron chi connectivity index (χ3n) is 3.87. The van der Waals surface area contributed by atoms with Crippen LogP contribution in [0.5, 0.6) is 0 Å². The second kappa shape index (κ2) is 8.00. The lowest BCUT2D eigenvalue weighted by molar-refractivity contribution is -0.150. The number of carbonyl (C=O) groups excluding carboxylic acids is 3. The first-order valence-corrected chi connectivity index (χ1v) is 7.51. The van der Waals surface area contributed by atoms with Gasteiger partial charge in [-0.1, -0.05) is 26.7 Å². The minimum atomic E-state index is -0.604. The highest BCUT2D eigenvalue weighted by atomic mass is 16.5. The van der Waals surface area contributed by atoms with Crippen LogP contribution in [0.25, 0.3) is 0 Å². The van der Waals surface area contributed by atoms with Gasteiger partial charge < -0.3 is 15.0 Å². The molecular formula is C15H26N2O4. The van der Waals surface area contributed by atoms with Crippen molar-refractivity contribution in [3.8, 4) is 0 Å². The van der Waals surface area contributed by atoms with Crippen LogP contribution in [0.3, 0.4) is 0 Å². The Morgan fingerprint density at radius 2 is 1.81 bits per heavy atom. The number of rotatable bonds is 6. The van der Waals surface area contributed by atoms with Crippen molar-refractivity contribution in [3.05, 3.63) is 0 Å². The number of hydrogen-bond acceptors (Lipinski definition) is 4. The van der Waals surface area contributed by atoms with Gasteiger partial charge in [-0.05, 0) is 18.8 Å². The molecule has 1 N–H and O–H groups in total. The van der Waals surface area contributed by atoms with E-state index < -0.39 is 12.0 Å². The molecule has 6 heteroatoms. The van der Waals surface area contributed by atoms with Crippen molar-refractivity contribution in [3.63, 3.8) is 0 Å². The Bertz CT molecular complexity index is 389. The summed E-state index contributed by atoms with van der Waals surface area (Å²) in [6, 6.07) is -0.542. The molecule has 0 aromatic heterocycles. The molecule has 1 aliphatic rings. The van der Waals surface area contributed by atoms with Crippen molar-refractivity contribution in [2.45, 2.75) is 58.5 Å². The lowest BCUT2D eigenvalue weighted by Gasteiger charge is -2.33. The van der Waals surface area contributed by atoms with Gasteiger partial charge in [-0.3, -0.25) is 14.4 Å². The molecule has 0 radical (unpaired) electrons. The topological polar surface area (TPSA) is 75.7 Å². The van der Waals surface area contributed by atoms with E-state index in [0.717, 1.165) is 25.7 Å². The second-order valence-electron chi connectivity index (χ2n) is 5.90. The van der Waals surface area contributed by atoms with Crippen LogP contribution < -0.4 is 5.32 Å². The summed E-state index contributed by atoms with van der Waals surface area (Å²) in [7, 11) is 1.31. The molecule has 0 saturated heterocycles. The van der Waals surface area contributed by atoms with Crippen LogP contribution in [-0.4, -0.2) is 48.4 Å². The van der Waals surface area contributed by atoms with E-state index in [1.807, 2.05) is 13.8 Å². The molecule has 0 aromatic carbocycles. The van der Waals surface area contributed by atoms with Crippen LogP contribution in [0.2, 0.25) is 0 Å². The summed E-state index contributed by atoms with van der Waals surface area (Å²) in [4.78, 5) is 37.3. The van der Waals surface area contributed by atoms with E-state index in [4.69, 9.17) is 4.74 Å². The quantitative estimate of drug-likeness (QED) is 0.745. The molecule has 1 aliphatic carbocycles. The van der Waals surface area contributed by atoms with Gasteiger partial charge in [0.2, 0.25) is 11.8 Å². The molecule has 1 rings (SSSR count). The van der Waals surface area contributed by atoms with Crippen molar-refractivity contribution in [1.29, 1.82) is 0 Å². The SMILES string of the molecule is COC(=O)CN(C(=O)C(NC(C)=O)C(C)C)C1CCCC1. The van der Waals surface area contributed by atoms with Gasteiger partial charge in [0.05, 0.1) is 7.11 Å². The number of nitrogens with one attached hydrogen (secondary N) is 1. The normalized spacial score (nSPS) is 16.6. The molecule has 1 fully saturated rings. The number of methoxy groups -OCH3 is 1. The van der Waals surface area contributed by atoms with Crippen LogP contribution in [0.4, 0.5) is 0 Å². The fourth-order valence-electron chi connectivity index (χ4n) is 2.72. The Morgan fingerprint density at radius 3 is 2.24 bits per heavy atom. The number of ether oxygens (including phenoxy) is 1. The zero-order valence-electron chi connectivity index (χ0n) is 13.3. The van der Waals surface area contributed by atoms with Crippen LogP contribution in [0, 0.1) is 5.92 Å². The number of amides is 2. The predicted molar refractivity (Wildman–Crippen MR) is 78.4 cm³/mol. The molecule has 0 aromatic rings. The maximum absolute atomic E-state index is 12.8. The highest BCUT2D eigenvalue weighted by Gasteiger charge is 2.34. The van der Waals surface area contributed by atoms with Gasteiger partial charge in [0.15, 0.2) is 0 Å². The number of carbonyl (C=O) groups is 3. The summed E-state index contributed by atoms with van der Waals surface area (Å²) in [6.45, 7) is 5.10. The minimum absolute atomic E-state index is 0.0389. The minimum Gasteiger partial charge on any atom is -0.468 e. The van der Waals surface area contributed by atoms with Crippen molar-refractivity contribution in [2.24, 2.45) is 5.92 Å². The molecular weight excluding hydrogens is 272 g/mol. The Morgan fingerprint density at radius 1 is 1.24 bits per heavy atom. The second-order valence-corrected chi connectivity index (χ2v) is 5.90. The molecule has 0 aliphatic heterocycles. The molecule has 1 unspecified atom stereocenters. The molecule has 1 atom stereocenters. The zero-order chi connectivity index (χ0) is 16.0. The van der Waals surface area contributed by atoms with Crippen LogP contribution in [0.15, 0.2) is 0 Å². The lowest BCUT2D eigenvalue weighted by atomic mass is 10.0. The fourth-order valence-corrected chi connectivity index (χ4v) is 2.72. The standard InChI is InChI=1S/C15H26N2O4/c1-10(2)14(16-11(3)18)15(20)17(9-13(19)21-4)12-7-5-6-8-12/h10,12,14H,5-9H2,1-4H3,(H,16,18). The monoisotopic (exact) mass is 298 g/mol. The van der Waals surface area contributed by atoms with Crippen LogP contribution >= 0.6 is 0 Å². The summed E-state index contributed by atoms with van der Waals surface area (Å²) in [6.07, 6.45) is 3.91. The van der Waals surface area contributed by atoms with Gasteiger partial charge in [0.25, 0.3) is 0 Å². The molecule has 6 nitrogen and oxygen atoms in total. The smallest absolute Gasteiger partial charge is 0.325 e. The van der Waals surface area contributed by atoms with Crippen molar-refractivity contribution in [2.75, 3.05) is 13.7 Å². The van der Waals surface area contributed by atoms with E-state index in [9.17, 15) is 14.4 Å². The number of esters is 1. The van der Waals surface area contributed by atoms with E-state index >= 15 is 0 Å². The zero-order valence-corrected chi connectivity index (χ0v) is 13.3. The van der Waals surface area contributed by atoms with E-state index in [-0.39, 0.29) is 30.3 Å². The highest BCUT2D eigenvalue weighted by Crippen LogP contribution is 2.24. The summed E-state index contributed by atoms with van der Waals surface area (Å²) in [5.41, 5.74) is 0. The Hall–Kier alpha value is -1.59. The third-order valence-corrected chi connectivity index (χ3v) is 3.87. The molecule has 0 heterocycles. The first-order valence-electron chi connectivity index (χ1n) is 7.51. The molecule has 1 saturated carbocycles. The lowest BCUT2D eigenvalue weighted by Crippen LogP contribution is -2.54. The van der Waals surface area contributed by atoms with Gasteiger partial charge in [0.1, 0.15) is 12.6 Å². The maximum atomic E-state index is 12.8. The first-order chi connectivity index (χ1) is 9.86. The molecule has 0 spiro atoms. The van der Waals surface area contributed by atoms with E-state index in [0.29, 0.717) is 0 Å². The molecule has 2 amide bonds. The van der Waals surface area contributed by atoms with Gasteiger partial charge >= 0.3 is 5.97 Å². The Kier molecular flexibility index (Phi) is 6.65. The van der Waals surface area contributed by atoms with Gasteiger partial charge in [-0.25, -0.2) is 0 Å². The Balaban J connectivity index is 2.90. The van der Waals surface area contributed by atoms with Crippen molar-refractivity contribution < 1.29 is 19.1 Å². The average Bonchev–Trinajstić information content (AvgIpc) is 2.94. The largest absolute Gasteiger partial charge is 0.468 e. The van der Waals surface area contributed by atoms with E-state index in [1.54, 1.807) is 4.90 Å². The van der Waals surface area contributed by atoms with E-state index in [1.165, 1.54) is 14.0 Å². The predicted octanol–water partition coefficient (Wildman–Crippen LogP) is 1.09. The number of nitrogens with zero attached hydrogens (tertiary/aromatic N) is 1. The van der Waals surface area contributed by atoms with Gasteiger partial charge in [-0.2, -0.15) is 0 Å². The van der Waals surface area contributed by atoms with Gasteiger partial charge in [-0.15, -0.1) is 0 Å². The van der Waals surface area contributed by atoms with Crippen LogP contribution in [0.1, 0.15) is 46.5 Å². The summed E-state index contributed by atoms with van der Waals surface area (Å²) < 4.78 is 4.69. The van der Waals surface area contributed by atoms with Gasteiger partial charge in [0, 0.05) is 13.0 Å². The fraction of sp³-hybridized carbons (Fsp3) is 0.800. The maximum Gasteiger partial charge on any atom is 0.325 e. The molecule has 120 valence electrons. The molecule has 21 heavy (non-hydrogen) atoms. The third kappa shape index (κ3) is 5.02.